The van der Waals surface area contributed by atoms with Gasteiger partial charge in [0, 0.05) is 17.8 Å². The summed E-state index contributed by atoms with van der Waals surface area (Å²) in [5, 5.41) is 11.6. The van der Waals surface area contributed by atoms with Crippen molar-refractivity contribution in [3.05, 3.63) is 59.9 Å². The zero-order valence-corrected chi connectivity index (χ0v) is 19.0. The number of nitrogens with zero attached hydrogens (tertiary/aromatic N) is 3. The zero-order valence-electron chi connectivity index (χ0n) is 18.1. The van der Waals surface area contributed by atoms with E-state index in [1.807, 2.05) is 49.6 Å². The van der Waals surface area contributed by atoms with Crippen molar-refractivity contribution in [3.8, 4) is 11.5 Å². The van der Waals surface area contributed by atoms with Gasteiger partial charge in [0.25, 0.3) is 0 Å². The van der Waals surface area contributed by atoms with Crippen LogP contribution < -0.4 is 14.8 Å². The molecule has 1 atom stereocenters. The Labute approximate surface area is 189 Å². The number of methoxy groups -OCH3 is 1. The van der Waals surface area contributed by atoms with Gasteiger partial charge in [-0.25, -0.2) is 8.78 Å². The molecule has 1 N–H and O–H groups in total. The largest absolute Gasteiger partial charge is 0.497 e. The predicted molar refractivity (Wildman–Crippen MR) is 118 cm³/mol. The molecule has 0 aliphatic rings. The van der Waals surface area contributed by atoms with Gasteiger partial charge in [-0.3, -0.25) is 4.79 Å². The number of thioether (sulfide) groups is 1. The zero-order chi connectivity index (χ0) is 23.3. The Kier molecular flexibility index (Phi) is 7.68. The fourth-order valence-corrected chi connectivity index (χ4v) is 3.84. The SMILES string of the molecule is COc1ccc(OC(C)c2nnc(SCC(=O)Nc3ccc(F)c(F)c3)n2C(C)C)cc1. The molecule has 0 aliphatic heterocycles. The van der Waals surface area contributed by atoms with Crippen LogP contribution in [0.25, 0.3) is 0 Å². The van der Waals surface area contributed by atoms with E-state index in [0.29, 0.717) is 16.7 Å². The van der Waals surface area contributed by atoms with Crippen LogP contribution in [0.3, 0.4) is 0 Å². The van der Waals surface area contributed by atoms with Crippen LogP contribution in [-0.4, -0.2) is 33.5 Å². The van der Waals surface area contributed by atoms with Gasteiger partial charge in [-0.1, -0.05) is 11.8 Å². The number of amides is 1. The lowest BCUT2D eigenvalue weighted by Crippen LogP contribution is -2.16. The van der Waals surface area contributed by atoms with Crippen LogP contribution in [0.4, 0.5) is 14.5 Å². The van der Waals surface area contributed by atoms with Crippen molar-refractivity contribution in [3.63, 3.8) is 0 Å². The molecule has 1 heterocycles. The molecule has 0 radical (unpaired) electrons. The number of ether oxygens (including phenoxy) is 2. The second-order valence-corrected chi connectivity index (χ2v) is 8.15. The summed E-state index contributed by atoms with van der Waals surface area (Å²) >= 11 is 1.20. The predicted octanol–water partition coefficient (Wildman–Crippen LogP) is 5.02. The van der Waals surface area contributed by atoms with Crippen LogP contribution in [0.5, 0.6) is 11.5 Å². The highest BCUT2D eigenvalue weighted by atomic mass is 32.2. The minimum atomic E-state index is -1.02. The van der Waals surface area contributed by atoms with Crippen LogP contribution in [0, 0.1) is 11.6 Å². The first-order valence-corrected chi connectivity index (χ1v) is 10.9. The van der Waals surface area contributed by atoms with E-state index in [1.54, 1.807) is 7.11 Å². The van der Waals surface area contributed by atoms with E-state index < -0.39 is 11.6 Å². The van der Waals surface area contributed by atoms with E-state index in [9.17, 15) is 13.6 Å². The maximum Gasteiger partial charge on any atom is 0.234 e. The van der Waals surface area contributed by atoms with Crippen molar-refractivity contribution in [1.29, 1.82) is 0 Å². The van der Waals surface area contributed by atoms with E-state index in [1.165, 1.54) is 17.8 Å². The number of hydrogen-bond donors (Lipinski definition) is 1. The van der Waals surface area contributed by atoms with Crippen LogP contribution in [-0.2, 0) is 4.79 Å². The van der Waals surface area contributed by atoms with Crippen LogP contribution in [0.1, 0.15) is 38.7 Å². The summed E-state index contributed by atoms with van der Waals surface area (Å²) in [6.07, 6.45) is -0.385. The number of carbonyl (C=O) groups is 1. The van der Waals surface area contributed by atoms with Crippen molar-refractivity contribution in [2.45, 2.75) is 38.1 Å². The Morgan fingerprint density at radius 3 is 2.38 bits per heavy atom. The van der Waals surface area contributed by atoms with Crippen LogP contribution in [0.15, 0.2) is 47.6 Å². The van der Waals surface area contributed by atoms with Gasteiger partial charge in [0.1, 0.15) is 11.5 Å². The third-order valence-corrected chi connectivity index (χ3v) is 5.42. The summed E-state index contributed by atoms with van der Waals surface area (Å²) in [5.41, 5.74) is 0.182. The summed E-state index contributed by atoms with van der Waals surface area (Å²) in [7, 11) is 1.60. The number of rotatable bonds is 9. The van der Waals surface area contributed by atoms with Crippen LogP contribution >= 0.6 is 11.8 Å². The quantitative estimate of drug-likeness (QED) is 0.450. The number of anilines is 1. The van der Waals surface area contributed by atoms with Crippen molar-refractivity contribution in [1.82, 2.24) is 14.8 Å². The lowest BCUT2D eigenvalue weighted by molar-refractivity contribution is -0.113. The maximum absolute atomic E-state index is 13.3. The molecule has 7 nitrogen and oxygen atoms in total. The third kappa shape index (κ3) is 5.76. The van der Waals surface area contributed by atoms with E-state index in [0.717, 1.165) is 17.9 Å². The van der Waals surface area contributed by atoms with Gasteiger partial charge in [-0.15, -0.1) is 10.2 Å². The van der Waals surface area contributed by atoms with Gasteiger partial charge in [0.05, 0.1) is 12.9 Å². The number of hydrogen-bond acceptors (Lipinski definition) is 6. The van der Waals surface area contributed by atoms with Gasteiger partial charge < -0.3 is 19.4 Å². The summed E-state index contributed by atoms with van der Waals surface area (Å²) in [6, 6.07) is 10.5. The van der Waals surface area contributed by atoms with Crippen molar-refractivity contribution in [2.24, 2.45) is 0 Å². The molecule has 0 spiro atoms. The Bertz CT molecular complexity index is 1070. The van der Waals surface area contributed by atoms with Crippen molar-refractivity contribution >= 4 is 23.4 Å². The molecule has 10 heteroatoms. The van der Waals surface area contributed by atoms with Gasteiger partial charge in [-0.05, 0) is 57.2 Å². The lowest BCUT2D eigenvalue weighted by atomic mass is 10.3. The molecule has 3 rings (SSSR count). The molecule has 1 unspecified atom stereocenters. The summed E-state index contributed by atoms with van der Waals surface area (Å²) in [5.74, 6) is -0.320. The summed E-state index contributed by atoms with van der Waals surface area (Å²) < 4.78 is 39.4. The average Bonchev–Trinajstić information content (AvgIpc) is 3.20. The minimum absolute atomic E-state index is 0.0254. The van der Waals surface area contributed by atoms with Gasteiger partial charge >= 0.3 is 0 Å². The number of carbonyl (C=O) groups excluding carboxylic acids is 1. The third-order valence-electron chi connectivity index (χ3n) is 4.48. The van der Waals surface area contributed by atoms with Gasteiger partial charge in [0.2, 0.25) is 5.91 Å². The molecular formula is C22H24F2N4O3S. The molecule has 0 saturated heterocycles. The molecule has 1 amide bonds. The van der Waals surface area contributed by atoms with E-state index in [-0.39, 0.29) is 29.5 Å². The fraction of sp³-hybridized carbons (Fsp3) is 0.318. The Morgan fingerprint density at radius 1 is 1.06 bits per heavy atom. The van der Waals surface area contributed by atoms with Gasteiger partial charge in [0.15, 0.2) is 28.7 Å². The number of halogens is 2. The topological polar surface area (TPSA) is 78.3 Å². The molecule has 0 bridgehead atoms. The normalized spacial score (nSPS) is 12.0. The first kappa shape index (κ1) is 23.5. The minimum Gasteiger partial charge on any atom is -0.497 e. The standard InChI is InChI=1S/C22H24F2N4O3S/c1-13(2)28-21(14(3)31-17-8-6-16(30-4)7-9-17)26-27-22(28)32-12-20(29)25-15-5-10-18(23)19(24)11-15/h5-11,13-14H,12H2,1-4H3,(H,25,29). The highest BCUT2D eigenvalue weighted by Gasteiger charge is 2.22. The molecule has 3 aromatic rings. The molecular weight excluding hydrogens is 438 g/mol. The van der Waals surface area contributed by atoms with Crippen molar-refractivity contribution in [2.75, 3.05) is 18.2 Å². The highest BCUT2D eigenvalue weighted by molar-refractivity contribution is 7.99. The van der Waals surface area contributed by atoms with Crippen LogP contribution in [0.2, 0.25) is 0 Å². The Balaban J connectivity index is 1.66. The fourth-order valence-electron chi connectivity index (χ4n) is 2.96. The smallest absolute Gasteiger partial charge is 0.234 e. The summed E-state index contributed by atoms with van der Waals surface area (Å²) in [6.45, 7) is 5.84. The van der Waals surface area contributed by atoms with Crippen molar-refractivity contribution < 1.29 is 23.0 Å². The first-order valence-electron chi connectivity index (χ1n) is 9.91. The first-order chi connectivity index (χ1) is 15.3. The van der Waals surface area contributed by atoms with E-state index >= 15 is 0 Å². The molecule has 0 saturated carbocycles. The number of aromatic nitrogens is 3. The number of benzene rings is 2. The second kappa shape index (κ2) is 10.4. The lowest BCUT2D eigenvalue weighted by Gasteiger charge is -2.19. The van der Waals surface area contributed by atoms with E-state index in [2.05, 4.69) is 15.5 Å². The molecule has 1 aromatic heterocycles. The molecule has 32 heavy (non-hydrogen) atoms. The molecule has 170 valence electrons. The Hall–Kier alpha value is -3.14. The average molecular weight is 463 g/mol. The summed E-state index contributed by atoms with van der Waals surface area (Å²) in [4.78, 5) is 12.3. The molecule has 0 fully saturated rings. The van der Waals surface area contributed by atoms with Gasteiger partial charge in [-0.2, -0.15) is 0 Å². The molecule has 0 aliphatic carbocycles. The maximum atomic E-state index is 13.3. The van der Waals surface area contributed by atoms with E-state index in [4.69, 9.17) is 9.47 Å². The Morgan fingerprint density at radius 2 is 1.75 bits per heavy atom. The second-order valence-electron chi connectivity index (χ2n) is 7.21. The molecule has 2 aromatic carbocycles. The number of nitrogens with one attached hydrogen (secondary N) is 1. The highest BCUT2D eigenvalue weighted by Crippen LogP contribution is 2.28. The monoisotopic (exact) mass is 462 g/mol.